The first-order chi connectivity index (χ1) is 28.7. The van der Waals surface area contributed by atoms with Crippen molar-refractivity contribution in [3.63, 3.8) is 0 Å². The van der Waals surface area contributed by atoms with E-state index >= 15 is 0 Å². The van der Waals surface area contributed by atoms with Crippen LogP contribution in [0.2, 0.25) is 0 Å². The van der Waals surface area contributed by atoms with Crippen molar-refractivity contribution >= 4 is 27.5 Å². The predicted molar refractivity (Wildman–Crippen MR) is 245 cm³/mol. The second-order valence-electron chi connectivity index (χ2n) is 16.6. The number of unbranched alkanes of at least 4 members (excludes halogenated alkanes) is 4. The molecule has 10 nitrogen and oxygen atoms in total. The van der Waals surface area contributed by atoms with Crippen LogP contribution in [0.3, 0.4) is 0 Å². The number of alkyl halides is 1. The Morgan fingerprint density at radius 1 is 0.721 bits per heavy atom. The fraction of sp³-hybridized carbons (Fsp3) is 0.560. The summed E-state index contributed by atoms with van der Waals surface area (Å²) in [5, 5.41) is 11.3. The molecule has 3 aromatic carbocycles. The number of ketones is 2. The molecule has 2 unspecified atom stereocenters. The summed E-state index contributed by atoms with van der Waals surface area (Å²) in [5.74, 6) is 4.98. The number of hydrogen-bond acceptors (Lipinski definition) is 10. The van der Waals surface area contributed by atoms with Gasteiger partial charge < -0.3 is 33.5 Å². The van der Waals surface area contributed by atoms with Crippen LogP contribution in [0.4, 0.5) is 0 Å². The van der Waals surface area contributed by atoms with Crippen LogP contribution in [-0.2, 0) is 24.8 Å². The third kappa shape index (κ3) is 9.79. The van der Waals surface area contributed by atoms with Crippen LogP contribution in [0.1, 0.15) is 122 Å². The number of aliphatic hydroxyl groups is 1. The summed E-state index contributed by atoms with van der Waals surface area (Å²) in [7, 11) is 8.15. The molecule has 8 rings (SSSR count). The number of nitrogens with zero attached hydrogens (tertiary/aromatic N) is 1. The number of fused-ring (bicyclic) bond motifs is 2. The molecule has 0 fully saturated rings. The first kappa shape index (κ1) is 48.0. The lowest BCUT2D eigenvalue weighted by Gasteiger charge is -2.35. The molecule has 3 aromatic rings. The van der Waals surface area contributed by atoms with E-state index in [1.165, 1.54) is 24.0 Å². The van der Waals surface area contributed by atoms with Crippen LogP contribution in [0.5, 0.6) is 34.5 Å². The molecular weight excluding hydrogens is 838 g/mol. The number of aliphatic hydroxyl groups excluding tert-OH is 1. The van der Waals surface area contributed by atoms with E-state index in [1.807, 2.05) is 36.4 Å². The van der Waals surface area contributed by atoms with Gasteiger partial charge in [-0.2, -0.15) is 0 Å². The van der Waals surface area contributed by atoms with Crippen LogP contribution in [0, 0.1) is 11.8 Å². The van der Waals surface area contributed by atoms with Gasteiger partial charge >= 0.3 is 0 Å². The van der Waals surface area contributed by atoms with Gasteiger partial charge in [0.1, 0.15) is 6.10 Å². The van der Waals surface area contributed by atoms with E-state index in [-0.39, 0.29) is 49.8 Å². The number of hydrogen-bond donors (Lipinski definition) is 1. The zero-order valence-electron chi connectivity index (χ0n) is 35.3. The molecule has 0 saturated carbocycles. The first-order valence-electron chi connectivity index (χ1n) is 21.3. The summed E-state index contributed by atoms with van der Waals surface area (Å²) in [6, 6.07) is 11.8. The standard InChI is InChI=1S/C32H39NO6.C16H21BrO3.2CH4/c1-36-25-9-8-21-19-33(14-12-32-11-10-23(34)17-28(32)39-31(25)29(21)32)13-6-4-5-7-20-15-22-16-26(37-2)27(38-3)18-24(22)30(20)35;1-19-14-9-12-8-11(6-4-3-5-7-17)16(18)13(12)10-15(14)20-2;;/h8-11,16,18,20,23,28,34H,4-7,12-15,17,19H2,1-3H3;9-11H,3-8H2,1-2H3;2*1H4/t20?,23-,28-,32-;;;/m0.../s1. The third-order valence-electron chi connectivity index (χ3n) is 13.2. The summed E-state index contributed by atoms with van der Waals surface area (Å²) in [5.41, 5.74) is 6.13. The average Bonchev–Trinajstić information content (AvgIpc) is 3.82. The van der Waals surface area contributed by atoms with Crippen molar-refractivity contribution in [1.29, 1.82) is 0 Å². The lowest BCUT2D eigenvalue weighted by atomic mass is 9.69. The maximum atomic E-state index is 13.0. The maximum absolute atomic E-state index is 13.0. The number of carbonyl (C=O) groups is 2. The van der Waals surface area contributed by atoms with E-state index in [0.717, 1.165) is 117 Å². The number of methoxy groups -OCH3 is 5. The van der Waals surface area contributed by atoms with Crippen LogP contribution < -0.4 is 28.4 Å². The average molecular weight is 907 g/mol. The summed E-state index contributed by atoms with van der Waals surface area (Å²) < 4.78 is 33.5. The molecule has 3 aliphatic carbocycles. The molecule has 5 atom stereocenters. The number of rotatable bonds is 16. The molecule has 0 saturated heterocycles. The van der Waals surface area contributed by atoms with Gasteiger partial charge in [-0.1, -0.05) is 74.7 Å². The number of carbonyl (C=O) groups excluding carboxylic acids is 2. The van der Waals surface area contributed by atoms with Gasteiger partial charge in [0.15, 0.2) is 46.1 Å². The van der Waals surface area contributed by atoms with Crippen molar-refractivity contribution < 1.29 is 43.1 Å². The van der Waals surface area contributed by atoms with Crippen molar-refractivity contribution in [2.75, 3.05) is 54.0 Å². The summed E-state index contributed by atoms with van der Waals surface area (Å²) in [6.07, 6.45) is 15.4. The number of ether oxygens (including phenoxy) is 6. The van der Waals surface area contributed by atoms with Gasteiger partial charge in [-0.05, 0) is 105 Å². The van der Waals surface area contributed by atoms with Gasteiger partial charge in [0.25, 0.3) is 0 Å². The first-order valence-corrected chi connectivity index (χ1v) is 22.4. The predicted octanol–water partition coefficient (Wildman–Crippen LogP) is 10.1. The topological polar surface area (TPSA) is 113 Å². The van der Waals surface area contributed by atoms with E-state index in [1.54, 1.807) is 35.5 Å². The molecule has 1 spiro atoms. The highest BCUT2D eigenvalue weighted by molar-refractivity contribution is 9.09. The molecule has 11 heteroatoms. The van der Waals surface area contributed by atoms with Crippen molar-refractivity contribution in [1.82, 2.24) is 4.90 Å². The van der Waals surface area contributed by atoms with Gasteiger partial charge in [-0.25, -0.2) is 0 Å². The lowest BCUT2D eigenvalue weighted by molar-refractivity contribution is 0.0808. The highest BCUT2D eigenvalue weighted by atomic mass is 79.9. The van der Waals surface area contributed by atoms with E-state index < -0.39 is 6.10 Å². The monoisotopic (exact) mass is 905 g/mol. The van der Waals surface area contributed by atoms with Gasteiger partial charge in [-0.15, -0.1) is 0 Å². The quantitative estimate of drug-likeness (QED) is 0.0847. The molecule has 0 bridgehead atoms. The van der Waals surface area contributed by atoms with E-state index in [4.69, 9.17) is 28.4 Å². The van der Waals surface area contributed by atoms with Gasteiger partial charge in [0.2, 0.25) is 0 Å². The third-order valence-corrected chi connectivity index (χ3v) is 13.7. The fourth-order valence-corrected chi connectivity index (χ4v) is 10.4. The van der Waals surface area contributed by atoms with Crippen molar-refractivity contribution in [2.45, 2.75) is 116 Å². The Balaban J connectivity index is 0.000000272. The molecule has 0 radical (unpaired) electrons. The lowest BCUT2D eigenvalue weighted by Crippen LogP contribution is -2.43. The number of halogens is 1. The number of benzene rings is 3. The summed E-state index contributed by atoms with van der Waals surface area (Å²) in [4.78, 5) is 28.0. The van der Waals surface area contributed by atoms with Crippen molar-refractivity contribution in [3.8, 4) is 34.5 Å². The Kier molecular flexibility index (Phi) is 16.8. The Morgan fingerprint density at radius 2 is 1.26 bits per heavy atom. The van der Waals surface area contributed by atoms with Gasteiger partial charge in [0.05, 0.1) is 47.1 Å². The highest BCUT2D eigenvalue weighted by Gasteiger charge is 2.52. The minimum absolute atomic E-state index is 0. The number of Topliss-reactive ketones (excluding diaryl/α,β-unsaturated/α-hetero) is 2. The summed E-state index contributed by atoms with van der Waals surface area (Å²) in [6.45, 7) is 2.90. The molecule has 334 valence electrons. The van der Waals surface area contributed by atoms with Crippen molar-refractivity contribution in [3.05, 3.63) is 81.9 Å². The second kappa shape index (κ2) is 21.3. The highest BCUT2D eigenvalue weighted by Crippen LogP contribution is 2.56. The Labute approximate surface area is 372 Å². The van der Waals surface area contributed by atoms with Crippen LogP contribution in [-0.4, -0.2) is 87.7 Å². The molecular formula is C50H68BrNO9. The SMILES string of the molecule is C.C.COc1cc2c(cc1OC)C(=O)C(CCCCCBr)C2.COc1cc2c(cc1OC)C(=O)C(CCCCCN1CC[C@@]34C=C[C@H](O)C[C@@H]3Oc3c(OC)ccc(c34)C1)C2. The fourth-order valence-electron chi connectivity index (χ4n) is 10.0. The van der Waals surface area contributed by atoms with Gasteiger partial charge in [0, 0.05) is 46.8 Å². The van der Waals surface area contributed by atoms with Crippen LogP contribution >= 0.6 is 15.9 Å². The second-order valence-corrected chi connectivity index (χ2v) is 17.4. The molecule has 2 heterocycles. The van der Waals surface area contributed by atoms with Crippen LogP contribution in [0.15, 0.2) is 48.6 Å². The molecule has 0 aromatic heterocycles. The smallest absolute Gasteiger partial charge is 0.166 e. The zero-order chi connectivity index (χ0) is 41.7. The Morgan fingerprint density at radius 3 is 1.80 bits per heavy atom. The minimum atomic E-state index is -0.465. The normalized spacial score (nSPS) is 22.8. The zero-order valence-corrected chi connectivity index (χ0v) is 36.9. The van der Waals surface area contributed by atoms with E-state index in [0.29, 0.717) is 29.4 Å². The van der Waals surface area contributed by atoms with E-state index in [9.17, 15) is 14.7 Å². The largest absolute Gasteiger partial charge is 0.493 e. The van der Waals surface area contributed by atoms with Gasteiger partial charge in [-0.3, -0.25) is 14.5 Å². The Hall–Kier alpha value is -4.06. The molecule has 2 aliphatic heterocycles. The molecule has 61 heavy (non-hydrogen) atoms. The van der Waals surface area contributed by atoms with Crippen molar-refractivity contribution in [2.24, 2.45) is 11.8 Å². The summed E-state index contributed by atoms with van der Waals surface area (Å²) >= 11 is 3.44. The molecule has 0 amide bonds. The molecule has 1 N–H and O–H groups in total. The molecule has 5 aliphatic rings. The van der Waals surface area contributed by atoms with E-state index in [2.05, 4.69) is 33.0 Å². The van der Waals surface area contributed by atoms with Crippen LogP contribution in [0.25, 0.3) is 0 Å². The maximum Gasteiger partial charge on any atom is 0.166 e. The minimum Gasteiger partial charge on any atom is -0.493 e. The Bertz CT molecular complexity index is 2030.